The van der Waals surface area contributed by atoms with Gasteiger partial charge in [0, 0.05) is 0 Å². The van der Waals surface area contributed by atoms with Gasteiger partial charge < -0.3 is 0 Å². The van der Waals surface area contributed by atoms with E-state index in [1.807, 2.05) is 36.4 Å². The fourth-order valence-electron chi connectivity index (χ4n) is 5.89. The third-order valence-electron chi connectivity index (χ3n) is 7.55. The molecule has 0 aliphatic heterocycles. The Hall–Kier alpha value is -3.27. The fraction of sp³-hybridized carbons (Fsp3) is 0.179. The second-order valence-corrected chi connectivity index (χ2v) is 18.8. The fourth-order valence-corrected chi connectivity index (χ4v) is 10.8. The molecule has 0 radical (unpaired) electrons. The van der Waals surface area contributed by atoms with E-state index in [9.17, 15) is 0 Å². The second kappa shape index (κ2) is 13.8. The van der Waals surface area contributed by atoms with E-state index in [2.05, 4.69) is 138 Å². The molecule has 42 heavy (non-hydrogen) atoms. The Labute approximate surface area is 260 Å². The Kier molecular flexibility index (Phi) is 10.4. The van der Waals surface area contributed by atoms with Gasteiger partial charge in [0.15, 0.2) is 0 Å². The van der Waals surface area contributed by atoms with Crippen molar-refractivity contribution >= 4 is 50.7 Å². The zero-order valence-corrected chi connectivity index (χ0v) is 26.5. The molecule has 0 saturated carbocycles. The molecule has 0 spiro atoms. The number of hydrogen-bond donors (Lipinski definition) is 1. The van der Waals surface area contributed by atoms with Gasteiger partial charge in [-0.15, -0.1) is 0 Å². The zero-order chi connectivity index (χ0) is 28.9. The van der Waals surface area contributed by atoms with Gasteiger partial charge in [-0.2, -0.15) is 0 Å². The monoisotopic (exact) mass is 603 g/mol. The maximum absolute atomic E-state index is 3.99. The maximum atomic E-state index is 3.99. The van der Waals surface area contributed by atoms with Crippen LogP contribution in [0.1, 0.15) is 43.0 Å². The van der Waals surface area contributed by atoms with E-state index in [0.717, 1.165) is 6.42 Å². The first-order valence-corrected chi connectivity index (χ1v) is 19.3. The van der Waals surface area contributed by atoms with Gasteiger partial charge in [0.25, 0.3) is 0 Å². The number of hydrogen-bond acceptors (Lipinski definition) is 1. The molecule has 1 N–H and O–H groups in total. The zero-order valence-electron chi connectivity index (χ0n) is 25.0. The molecule has 214 valence electrons. The Bertz CT molecular complexity index is 1680. The Balaban J connectivity index is 0.000000207. The van der Waals surface area contributed by atoms with Crippen LogP contribution in [0.4, 0.5) is 0 Å². The number of nitrogens with one attached hydrogen (secondary N) is 1. The van der Waals surface area contributed by atoms with Gasteiger partial charge in [0.2, 0.25) is 0 Å². The van der Waals surface area contributed by atoms with Crippen LogP contribution in [0, 0.1) is 0 Å². The standard InChI is InChI=1S/C17H11.C16H14.C4H10N.2CH3.H4Si.Ti/c1-3-8-14-12(6-1)13-7-2-4-9-15(13)17-11-5-10-16(14)17;1-3-9-15(10-4-1)13-7-8-14-16-11-5-2-6-12-16;1-4(2,3)5;;;;/h1-4,6-10H,11H2;1-14H;5H,1-3H3;2*1H3;1H4;/q;;-1;;;;+1. The molecule has 0 unspecified atom stereocenters. The molecule has 1 aliphatic rings. The Morgan fingerprint density at radius 1 is 0.595 bits per heavy atom. The Morgan fingerprint density at radius 3 is 1.52 bits per heavy atom. The molecule has 0 fully saturated rings. The molecular weight excluding hydrogens is 558 g/mol. The van der Waals surface area contributed by atoms with E-state index in [1.165, 1.54) is 43.8 Å². The van der Waals surface area contributed by atoms with Crippen molar-refractivity contribution in [3.05, 3.63) is 147 Å². The van der Waals surface area contributed by atoms with Crippen molar-refractivity contribution in [2.24, 2.45) is 0 Å². The largest absolute Gasteiger partial charge is 0.0149 e. The van der Waals surface area contributed by atoms with Crippen molar-refractivity contribution in [1.82, 2.24) is 3.80 Å². The predicted molar refractivity (Wildman–Crippen MR) is 190 cm³/mol. The molecule has 0 aromatic heterocycles. The third kappa shape index (κ3) is 7.76. The van der Waals surface area contributed by atoms with Gasteiger partial charge in [-0.05, 0) is 22.1 Å². The summed E-state index contributed by atoms with van der Waals surface area (Å²) >= 11 is -2.24. The van der Waals surface area contributed by atoms with Gasteiger partial charge >= 0.3 is 155 Å². The van der Waals surface area contributed by atoms with Crippen molar-refractivity contribution < 1.29 is 16.8 Å². The third-order valence-corrected chi connectivity index (χ3v) is 12.7. The summed E-state index contributed by atoms with van der Waals surface area (Å²) in [5, 5.41) is 10.6. The number of benzene rings is 5. The first-order chi connectivity index (χ1) is 19.7. The van der Waals surface area contributed by atoms with Crippen molar-refractivity contribution in [2.45, 2.75) is 43.2 Å². The average Bonchev–Trinajstić information content (AvgIpc) is 3.43. The van der Waals surface area contributed by atoms with Crippen molar-refractivity contribution in [1.29, 1.82) is 0 Å². The first kappa shape index (κ1) is 31.7. The van der Waals surface area contributed by atoms with E-state index in [-0.39, 0.29) is 16.5 Å². The summed E-state index contributed by atoms with van der Waals surface area (Å²) < 4.78 is 5.65. The molecule has 0 heterocycles. The molecule has 1 nitrogen and oxygen atoms in total. The van der Waals surface area contributed by atoms with Crippen molar-refractivity contribution in [3.63, 3.8) is 0 Å². The summed E-state index contributed by atoms with van der Waals surface area (Å²) in [4.78, 5) is 0. The van der Waals surface area contributed by atoms with E-state index in [4.69, 9.17) is 0 Å². The molecule has 5 aromatic rings. The second-order valence-electron chi connectivity index (χ2n) is 12.4. The minimum absolute atomic E-state index is 0. The minimum atomic E-state index is -2.24. The van der Waals surface area contributed by atoms with E-state index in [0.29, 0.717) is 0 Å². The van der Waals surface area contributed by atoms with Crippen LogP contribution in [0.5, 0.6) is 0 Å². The summed E-state index contributed by atoms with van der Waals surface area (Å²) in [5.41, 5.74) is 5.60. The van der Waals surface area contributed by atoms with Crippen molar-refractivity contribution in [3.8, 4) is 0 Å². The molecule has 0 saturated heterocycles. The number of rotatable bonds is 5. The summed E-state index contributed by atoms with van der Waals surface area (Å²) in [6, 6.07) is 38.4. The molecule has 1 aliphatic carbocycles. The van der Waals surface area contributed by atoms with E-state index < -0.39 is 16.8 Å². The van der Waals surface area contributed by atoms with Crippen LogP contribution < -0.4 is 3.80 Å². The SMILES string of the molecule is C(C=Cc1ccccc1)=Cc1ccccc1.CC(C)(C)[NH][Ti]([CH3])([CH3])[C]1=Cc2c(c3ccccc3c3ccccc23)C1.[SiH4]. The van der Waals surface area contributed by atoms with Gasteiger partial charge in [-0.3, -0.25) is 0 Å². The van der Waals surface area contributed by atoms with Gasteiger partial charge in [0.05, 0.1) is 0 Å². The summed E-state index contributed by atoms with van der Waals surface area (Å²) in [5.74, 6) is 0. The van der Waals surface area contributed by atoms with Crippen LogP contribution in [-0.2, 0) is 23.3 Å². The van der Waals surface area contributed by atoms with Crippen molar-refractivity contribution in [2.75, 3.05) is 0 Å². The Morgan fingerprint density at radius 2 is 1.02 bits per heavy atom. The smallest absolute Gasteiger partial charge is 0.0149 e. The number of allylic oxidation sites excluding steroid dienone is 3. The minimum Gasteiger partial charge on any atom is -0.0149 e. The number of fused-ring (bicyclic) bond motifs is 6. The maximum Gasteiger partial charge on any atom is -0.0149 e. The summed E-state index contributed by atoms with van der Waals surface area (Å²) in [6.45, 7) is 6.86. The molecule has 6 rings (SSSR count). The normalized spacial score (nSPS) is 13.1. The van der Waals surface area contributed by atoms with Gasteiger partial charge in [-0.1, -0.05) is 85.0 Å². The summed E-state index contributed by atoms with van der Waals surface area (Å²) in [6.07, 6.45) is 11.9. The van der Waals surface area contributed by atoms with Gasteiger partial charge in [0.1, 0.15) is 0 Å². The molecule has 5 aromatic carbocycles. The molecule has 3 heteroatoms. The van der Waals surface area contributed by atoms with Crippen LogP contribution in [0.15, 0.2) is 125 Å². The molecule has 0 bridgehead atoms. The van der Waals surface area contributed by atoms with E-state index in [1.54, 1.807) is 3.88 Å². The topological polar surface area (TPSA) is 12.0 Å². The summed E-state index contributed by atoms with van der Waals surface area (Å²) in [7, 11) is 0. The van der Waals surface area contributed by atoms with E-state index >= 15 is 0 Å². The van der Waals surface area contributed by atoms with Crippen LogP contribution in [0.3, 0.4) is 0 Å². The molecule has 0 amide bonds. The molecule has 0 atom stereocenters. The van der Waals surface area contributed by atoms with Crippen LogP contribution in [-0.4, -0.2) is 16.5 Å². The quantitative estimate of drug-likeness (QED) is 0.120. The average molecular weight is 604 g/mol. The van der Waals surface area contributed by atoms with Crippen LogP contribution >= 0.6 is 0 Å². The van der Waals surface area contributed by atoms with Crippen LogP contribution in [0.2, 0.25) is 10.5 Å². The molecular formula is C39H45NSiTi. The first-order valence-electron chi connectivity index (χ1n) is 14.6. The van der Waals surface area contributed by atoms with Gasteiger partial charge in [-0.25, -0.2) is 0 Å². The van der Waals surface area contributed by atoms with Crippen LogP contribution in [0.25, 0.3) is 39.8 Å². The predicted octanol–water partition coefficient (Wildman–Crippen LogP) is 9.40.